The highest BCUT2D eigenvalue weighted by Gasteiger charge is 2.38. The Morgan fingerprint density at radius 1 is 1.19 bits per heavy atom. The van der Waals surface area contributed by atoms with E-state index in [1.54, 1.807) is 44.2 Å². The second-order valence-electron chi connectivity index (χ2n) is 9.02. The Morgan fingerprint density at radius 2 is 1.89 bits per heavy atom. The molecule has 4 amide bonds. The molecule has 37 heavy (non-hydrogen) atoms. The molecule has 7 N–H and O–H groups in total. The molecule has 0 spiro atoms. The number of para-hydroxylation sites is 1. The van der Waals surface area contributed by atoms with Gasteiger partial charge in [0, 0.05) is 18.8 Å². The minimum absolute atomic E-state index is 0.150. The summed E-state index contributed by atoms with van der Waals surface area (Å²) in [5.41, 5.74) is 6.59. The second kappa shape index (κ2) is 14.6. The number of benzene rings is 1. The van der Waals surface area contributed by atoms with Gasteiger partial charge in [0.2, 0.25) is 11.8 Å². The number of allylic oxidation sites excluding steroid dienone is 1. The highest BCUT2D eigenvalue weighted by Crippen LogP contribution is 2.20. The predicted octanol–water partition coefficient (Wildman–Crippen LogP) is 1.42. The first-order chi connectivity index (χ1) is 17.6. The number of alkyl halides is 1. The number of nitrogens with zero attached hydrogens (tertiary/aromatic N) is 1. The number of halogens is 1. The summed E-state index contributed by atoms with van der Waals surface area (Å²) in [6, 6.07) is 5.26. The number of rotatable bonds is 12. The molecule has 202 valence electrons. The smallest absolute Gasteiger partial charge is 0.320 e. The van der Waals surface area contributed by atoms with Gasteiger partial charge in [-0.25, -0.2) is 9.18 Å². The van der Waals surface area contributed by atoms with Gasteiger partial charge in [-0.3, -0.25) is 19.8 Å². The number of Topliss-reactive ketones (excluding diaryl/α,β-unsaturated/α-hetero) is 1. The molecular formula is C25H36FN7O4. The van der Waals surface area contributed by atoms with E-state index in [1.165, 1.54) is 4.90 Å². The molecule has 0 radical (unpaired) electrons. The summed E-state index contributed by atoms with van der Waals surface area (Å²) in [4.78, 5) is 52.5. The number of guanidine groups is 1. The van der Waals surface area contributed by atoms with E-state index in [4.69, 9.17) is 11.1 Å². The summed E-state index contributed by atoms with van der Waals surface area (Å²) >= 11 is 0. The lowest BCUT2D eigenvalue weighted by Crippen LogP contribution is -2.55. The van der Waals surface area contributed by atoms with Crippen molar-refractivity contribution in [2.24, 2.45) is 5.73 Å². The van der Waals surface area contributed by atoms with Crippen molar-refractivity contribution >= 4 is 35.3 Å². The lowest BCUT2D eigenvalue weighted by molar-refractivity contribution is -0.140. The van der Waals surface area contributed by atoms with Crippen LogP contribution in [0.15, 0.2) is 42.0 Å². The van der Waals surface area contributed by atoms with Crippen molar-refractivity contribution in [3.05, 3.63) is 42.0 Å². The average molecular weight is 518 g/mol. The Bertz CT molecular complexity index is 998. The molecule has 0 saturated carbocycles. The van der Waals surface area contributed by atoms with Gasteiger partial charge in [-0.15, -0.1) is 0 Å². The summed E-state index contributed by atoms with van der Waals surface area (Å²) in [5.74, 6) is -2.01. The van der Waals surface area contributed by atoms with E-state index in [2.05, 4.69) is 21.3 Å². The van der Waals surface area contributed by atoms with Crippen LogP contribution in [0.3, 0.4) is 0 Å². The van der Waals surface area contributed by atoms with Gasteiger partial charge in [-0.05, 0) is 51.7 Å². The number of ketones is 1. The zero-order chi connectivity index (χ0) is 27.4. The lowest BCUT2D eigenvalue weighted by atomic mass is 10.1. The van der Waals surface area contributed by atoms with Gasteiger partial charge in [0.1, 0.15) is 18.8 Å². The number of hydrogen-bond donors (Lipinski definition) is 6. The van der Waals surface area contributed by atoms with E-state index < -0.39 is 48.4 Å². The largest absolute Gasteiger partial charge is 0.370 e. The van der Waals surface area contributed by atoms with Crippen molar-refractivity contribution in [1.82, 2.24) is 20.9 Å². The quantitative estimate of drug-likeness (QED) is 0.106. The number of urea groups is 1. The number of hydrogen-bond acceptors (Lipinski definition) is 5. The summed E-state index contributed by atoms with van der Waals surface area (Å²) < 4.78 is 13.1. The zero-order valence-electron chi connectivity index (χ0n) is 21.2. The molecule has 11 nitrogen and oxygen atoms in total. The van der Waals surface area contributed by atoms with Gasteiger partial charge < -0.3 is 31.9 Å². The van der Waals surface area contributed by atoms with Crippen LogP contribution < -0.4 is 27.0 Å². The van der Waals surface area contributed by atoms with Crippen LogP contribution in [0.4, 0.5) is 14.9 Å². The van der Waals surface area contributed by atoms with Gasteiger partial charge in [0.25, 0.3) is 0 Å². The van der Waals surface area contributed by atoms with Crippen LogP contribution in [0.25, 0.3) is 0 Å². The van der Waals surface area contributed by atoms with E-state index >= 15 is 0 Å². The molecule has 1 fully saturated rings. The average Bonchev–Trinajstić information content (AvgIpc) is 3.34. The monoisotopic (exact) mass is 517 g/mol. The molecule has 0 unspecified atom stereocenters. The molecule has 1 aromatic carbocycles. The highest BCUT2D eigenvalue weighted by atomic mass is 19.1. The van der Waals surface area contributed by atoms with Crippen LogP contribution in [0, 0.1) is 5.41 Å². The SMILES string of the molecule is CC(C)=C[C@H](NC(=O)Nc1ccccc1)C(=O)N1CCC[C@H]1C(=O)N[C@@H](CCCNC(=N)N)C(=O)CF. The van der Waals surface area contributed by atoms with Crippen LogP contribution >= 0.6 is 0 Å². The van der Waals surface area contributed by atoms with Crippen molar-refractivity contribution in [2.75, 3.05) is 25.1 Å². The van der Waals surface area contributed by atoms with Crippen LogP contribution in [-0.2, 0) is 14.4 Å². The Labute approximate surface area is 215 Å². The number of likely N-dealkylation sites (tertiary alicyclic amines) is 1. The van der Waals surface area contributed by atoms with E-state index in [-0.39, 0.29) is 18.9 Å². The molecule has 3 atom stereocenters. The predicted molar refractivity (Wildman–Crippen MR) is 139 cm³/mol. The Morgan fingerprint density at radius 3 is 2.51 bits per heavy atom. The maximum Gasteiger partial charge on any atom is 0.320 e. The standard InChI is InChI=1S/C25H36FN7O4/c1-16(2)14-19(32-25(37)30-17-8-4-3-5-9-17)23(36)33-13-7-11-20(33)22(35)31-18(21(34)15-26)10-6-12-29-24(27)28/h3-5,8-9,14,18-20H,6-7,10-13,15H2,1-2H3,(H,31,35)(H4,27,28,29)(H2,30,32,37)/t18-,19-,20-/m0/s1. The Balaban J connectivity index is 2.08. The Hall–Kier alpha value is -3.96. The molecule has 0 bridgehead atoms. The van der Waals surface area contributed by atoms with Crippen molar-refractivity contribution in [3.8, 4) is 0 Å². The van der Waals surface area contributed by atoms with Crippen molar-refractivity contribution in [2.45, 2.75) is 57.7 Å². The molecule has 1 heterocycles. The van der Waals surface area contributed by atoms with Crippen molar-refractivity contribution in [3.63, 3.8) is 0 Å². The second-order valence-corrected chi connectivity index (χ2v) is 9.02. The summed E-state index contributed by atoms with van der Waals surface area (Å²) in [5, 5.41) is 17.7. The number of carbonyl (C=O) groups is 4. The fraction of sp³-hybridized carbons (Fsp3) is 0.480. The van der Waals surface area contributed by atoms with Gasteiger partial charge in [0.05, 0.1) is 6.04 Å². The third-order valence-electron chi connectivity index (χ3n) is 5.74. The van der Waals surface area contributed by atoms with E-state index in [9.17, 15) is 23.6 Å². The maximum atomic E-state index is 13.4. The molecule has 1 saturated heterocycles. The van der Waals surface area contributed by atoms with Gasteiger partial charge in [-0.2, -0.15) is 0 Å². The zero-order valence-corrected chi connectivity index (χ0v) is 21.2. The molecule has 0 aromatic heterocycles. The minimum atomic E-state index is -1.23. The first-order valence-electron chi connectivity index (χ1n) is 12.2. The van der Waals surface area contributed by atoms with E-state index in [0.29, 0.717) is 31.5 Å². The molecule has 1 aliphatic heterocycles. The molecule has 1 aliphatic rings. The van der Waals surface area contributed by atoms with Crippen LogP contribution in [0.2, 0.25) is 0 Å². The molecule has 1 aromatic rings. The third kappa shape index (κ3) is 9.54. The van der Waals surface area contributed by atoms with Crippen LogP contribution in [0.5, 0.6) is 0 Å². The topological polar surface area (TPSA) is 170 Å². The third-order valence-corrected chi connectivity index (χ3v) is 5.74. The number of nitrogens with two attached hydrogens (primary N) is 1. The van der Waals surface area contributed by atoms with E-state index in [0.717, 1.165) is 5.57 Å². The number of anilines is 1. The molecular weight excluding hydrogens is 481 g/mol. The Kier molecular flexibility index (Phi) is 11.5. The van der Waals surface area contributed by atoms with Gasteiger partial charge >= 0.3 is 6.03 Å². The molecule has 0 aliphatic carbocycles. The lowest BCUT2D eigenvalue weighted by Gasteiger charge is -2.29. The first-order valence-corrected chi connectivity index (χ1v) is 12.2. The number of amides is 4. The minimum Gasteiger partial charge on any atom is -0.370 e. The van der Waals surface area contributed by atoms with Gasteiger partial charge in [0.15, 0.2) is 11.7 Å². The molecule has 12 heteroatoms. The highest BCUT2D eigenvalue weighted by molar-refractivity contribution is 5.97. The van der Waals surface area contributed by atoms with Crippen LogP contribution in [0.1, 0.15) is 39.5 Å². The van der Waals surface area contributed by atoms with Crippen molar-refractivity contribution < 1.29 is 23.6 Å². The van der Waals surface area contributed by atoms with Crippen LogP contribution in [-0.4, -0.2) is 72.4 Å². The molecule has 2 rings (SSSR count). The normalized spacial score (nSPS) is 16.2. The van der Waals surface area contributed by atoms with Gasteiger partial charge in [-0.1, -0.05) is 29.8 Å². The summed E-state index contributed by atoms with van der Waals surface area (Å²) in [7, 11) is 0. The van der Waals surface area contributed by atoms with E-state index in [1.807, 2.05) is 6.07 Å². The summed E-state index contributed by atoms with van der Waals surface area (Å²) in [6.07, 6.45) is 3.06. The maximum absolute atomic E-state index is 13.4. The van der Waals surface area contributed by atoms with Crippen molar-refractivity contribution in [1.29, 1.82) is 5.41 Å². The fourth-order valence-corrected chi connectivity index (χ4v) is 4.02. The summed E-state index contributed by atoms with van der Waals surface area (Å²) in [6.45, 7) is 2.94. The number of carbonyl (C=O) groups excluding carboxylic acids is 4. The first kappa shape index (κ1) is 29.3. The number of nitrogens with one attached hydrogen (secondary N) is 5. The fourth-order valence-electron chi connectivity index (χ4n) is 4.02.